The van der Waals surface area contributed by atoms with Gasteiger partial charge in [0.15, 0.2) is 0 Å². The van der Waals surface area contributed by atoms with Gasteiger partial charge in [-0.25, -0.2) is 0 Å². The summed E-state index contributed by atoms with van der Waals surface area (Å²) in [7, 11) is 1.55. The first-order valence-electron chi connectivity index (χ1n) is 10.6. The number of benzene rings is 1. The van der Waals surface area contributed by atoms with Gasteiger partial charge >= 0.3 is 0 Å². The Morgan fingerprint density at radius 2 is 2.19 bits per heavy atom. The van der Waals surface area contributed by atoms with E-state index in [1.54, 1.807) is 48.7 Å². The van der Waals surface area contributed by atoms with Gasteiger partial charge in [-0.05, 0) is 30.2 Å². The van der Waals surface area contributed by atoms with E-state index in [0.717, 1.165) is 5.56 Å². The second-order valence-corrected chi connectivity index (χ2v) is 8.03. The second-order valence-electron chi connectivity index (χ2n) is 8.03. The number of hydrogen-bond acceptors (Lipinski definition) is 6. The average Bonchev–Trinajstić information content (AvgIpc) is 3.05. The highest BCUT2D eigenvalue weighted by Crippen LogP contribution is 2.35. The van der Waals surface area contributed by atoms with E-state index in [9.17, 15) is 14.4 Å². The number of methoxy groups -OCH3 is 1. The Hall–Kier alpha value is -3.62. The second kappa shape index (κ2) is 9.25. The third-order valence-electron chi connectivity index (χ3n) is 5.86. The summed E-state index contributed by atoms with van der Waals surface area (Å²) in [5.74, 6) is 0.466. The average molecular weight is 438 g/mol. The summed E-state index contributed by atoms with van der Waals surface area (Å²) in [4.78, 5) is 43.2. The third-order valence-corrected chi connectivity index (χ3v) is 5.86. The summed E-state index contributed by atoms with van der Waals surface area (Å²) in [6.45, 7) is 0.976. The van der Waals surface area contributed by atoms with E-state index in [0.29, 0.717) is 43.0 Å². The molecule has 3 amide bonds. The molecule has 2 aromatic rings. The molecular weight excluding hydrogens is 412 g/mol. The number of nitrogens with one attached hydrogen (secondary N) is 2. The van der Waals surface area contributed by atoms with Crippen molar-refractivity contribution in [1.29, 1.82) is 0 Å². The van der Waals surface area contributed by atoms with Gasteiger partial charge in [-0.15, -0.1) is 0 Å². The Bertz CT molecular complexity index is 1010. The van der Waals surface area contributed by atoms with Gasteiger partial charge in [-0.3, -0.25) is 19.4 Å². The molecule has 2 aliphatic heterocycles. The molecule has 9 heteroatoms. The molecule has 9 nitrogen and oxygen atoms in total. The summed E-state index contributed by atoms with van der Waals surface area (Å²) in [6, 6.07) is 8.75. The smallest absolute Gasteiger partial charge is 0.255 e. The molecule has 0 radical (unpaired) electrons. The molecule has 4 rings (SSSR count). The van der Waals surface area contributed by atoms with Crippen LogP contribution in [0, 0.1) is 0 Å². The fraction of sp³-hybridized carbons (Fsp3) is 0.391. The predicted octanol–water partition coefficient (Wildman–Crippen LogP) is 1.28. The van der Waals surface area contributed by atoms with E-state index in [4.69, 9.17) is 9.47 Å². The molecule has 2 aliphatic rings. The molecule has 3 heterocycles. The van der Waals surface area contributed by atoms with Crippen LogP contribution in [0.4, 0.5) is 0 Å². The highest BCUT2D eigenvalue weighted by Gasteiger charge is 2.40. The largest absolute Gasteiger partial charge is 0.497 e. The summed E-state index contributed by atoms with van der Waals surface area (Å²) in [5.41, 5.74) is 0.590. The van der Waals surface area contributed by atoms with Gasteiger partial charge < -0.3 is 25.0 Å². The van der Waals surface area contributed by atoms with Crippen LogP contribution in [0.3, 0.4) is 0 Å². The van der Waals surface area contributed by atoms with Crippen molar-refractivity contribution in [3.05, 3.63) is 53.9 Å². The minimum Gasteiger partial charge on any atom is -0.497 e. The number of hydrogen-bond donors (Lipinski definition) is 2. The summed E-state index contributed by atoms with van der Waals surface area (Å²) in [5, 5.41) is 5.74. The van der Waals surface area contributed by atoms with Crippen molar-refractivity contribution in [2.45, 2.75) is 31.4 Å². The highest BCUT2D eigenvalue weighted by atomic mass is 16.5. The normalized spacial score (nSPS) is 20.5. The van der Waals surface area contributed by atoms with Crippen LogP contribution in [0.5, 0.6) is 11.5 Å². The molecule has 2 N–H and O–H groups in total. The zero-order chi connectivity index (χ0) is 22.6. The fourth-order valence-electron chi connectivity index (χ4n) is 3.97. The fourth-order valence-corrected chi connectivity index (χ4v) is 3.97. The Morgan fingerprint density at radius 1 is 1.31 bits per heavy atom. The van der Waals surface area contributed by atoms with Gasteiger partial charge in [0, 0.05) is 44.4 Å². The SMILES string of the molecule is COc1ccc2c(c1)OC1(CCC(=O)N(CC(=O)NCc3cccnc3)CC1)CNC2=O. The lowest BCUT2D eigenvalue weighted by Crippen LogP contribution is -2.46. The van der Waals surface area contributed by atoms with Crippen LogP contribution in [-0.4, -0.2) is 60.0 Å². The molecule has 1 unspecified atom stereocenters. The molecule has 1 fully saturated rings. The maximum atomic E-state index is 12.7. The first kappa shape index (κ1) is 21.6. The van der Waals surface area contributed by atoms with Crippen LogP contribution in [0.25, 0.3) is 0 Å². The quantitative estimate of drug-likeness (QED) is 0.728. The molecule has 168 valence electrons. The molecule has 1 spiro atoms. The Labute approximate surface area is 186 Å². The number of ether oxygens (including phenoxy) is 2. The number of likely N-dealkylation sites (tertiary alicyclic amines) is 1. The van der Waals surface area contributed by atoms with Crippen molar-refractivity contribution < 1.29 is 23.9 Å². The number of amides is 3. The summed E-state index contributed by atoms with van der Waals surface area (Å²) in [6.07, 6.45) is 4.52. The van der Waals surface area contributed by atoms with Crippen LogP contribution in [0.1, 0.15) is 35.2 Å². The molecule has 0 saturated carbocycles. The summed E-state index contributed by atoms with van der Waals surface area (Å²) >= 11 is 0. The zero-order valence-electron chi connectivity index (χ0n) is 17.9. The van der Waals surface area contributed by atoms with Crippen molar-refractivity contribution >= 4 is 17.7 Å². The lowest BCUT2D eigenvalue weighted by molar-refractivity contribution is -0.135. The van der Waals surface area contributed by atoms with E-state index >= 15 is 0 Å². The number of fused-ring (bicyclic) bond motifs is 1. The van der Waals surface area contributed by atoms with Crippen LogP contribution >= 0.6 is 0 Å². The molecule has 1 atom stereocenters. The Morgan fingerprint density at radius 3 is 2.97 bits per heavy atom. The monoisotopic (exact) mass is 438 g/mol. The number of nitrogens with zero attached hydrogens (tertiary/aromatic N) is 2. The third kappa shape index (κ3) is 4.82. The van der Waals surface area contributed by atoms with Gasteiger partial charge in [0.1, 0.15) is 17.1 Å². The van der Waals surface area contributed by atoms with Gasteiger partial charge in [-0.2, -0.15) is 0 Å². The standard InChI is InChI=1S/C23H26N4O5/c1-31-17-4-5-18-19(11-17)32-23(15-26-22(18)30)7-6-21(29)27(10-8-23)14-20(28)25-13-16-3-2-9-24-12-16/h2-5,9,11-12H,6-8,10,13-15H2,1H3,(H,25,28)(H,26,30). The van der Waals surface area contributed by atoms with Gasteiger partial charge in [-0.1, -0.05) is 6.07 Å². The van der Waals surface area contributed by atoms with Crippen molar-refractivity contribution in [3.8, 4) is 11.5 Å². The minimum atomic E-state index is -0.732. The lowest BCUT2D eigenvalue weighted by Gasteiger charge is -2.32. The molecule has 0 aliphatic carbocycles. The first-order valence-corrected chi connectivity index (χ1v) is 10.6. The maximum Gasteiger partial charge on any atom is 0.255 e. The first-order chi connectivity index (χ1) is 15.5. The van der Waals surface area contributed by atoms with Crippen molar-refractivity contribution in [2.75, 3.05) is 26.7 Å². The maximum absolute atomic E-state index is 12.7. The van der Waals surface area contributed by atoms with Crippen LogP contribution in [0.2, 0.25) is 0 Å². The molecule has 0 bridgehead atoms. The van der Waals surface area contributed by atoms with E-state index < -0.39 is 5.60 Å². The number of pyridine rings is 1. The van der Waals surface area contributed by atoms with E-state index in [2.05, 4.69) is 15.6 Å². The molecular formula is C23H26N4O5. The number of rotatable bonds is 5. The van der Waals surface area contributed by atoms with E-state index in [1.165, 1.54) is 0 Å². The predicted molar refractivity (Wildman–Crippen MR) is 115 cm³/mol. The van der Waals surface area contributed by atoms with E-state index in [-0.39, 0.29) is 37.2 Å². The minimum absolute atomic E-state index is 0.0219. The lowest BCUT2D eigenvalue weighted by atomic mass is 9.94. The van der Waals surface area contributed by atoms with Crippen LogP contribution in [-0.2, 0) is 16.1 Å². The van der Waals surface area contributed by atoms with Crippen molar-refractivity contribution in [2.24, 2.45) is 0 Å². The number of carbonyl (C=O) groups excluding carboxylic acids is 3. The Balaban J connectivity index is 1.42. The molecule has 32 heavy (non-hydrogen) atoms. The Kier molecular flexibility index (Phi) is 6.25. The number of carbonyl (C=O) groups is 3. The van der Waals surface area contributed by atoms with E-state index in [1.807, 2.05) is 6.07 Å². The zero-order valence-corrected chi connectivity index (χ0v) is 17.9. The topological polar surface area (TPSA) is 110 Å². The van der Waals surface area contributed by atoms with Crippen LogP contribution in [0.15, 0.2) is 42.7 Å². The van der Waals surface area contributed by atoms with Gasteiger partial charge in [0.2, 0.25) is 11.8 Å². The van der Waals surface area contributed by atoms with Crippen molar-refractivity contribution in [1.82, 2.24) is 20.5 Å². The van der Waals surface area contributed by atoms with Gasteiger partial charge in [0.25, 0.3) is 5.91 Å². The molecule has 1 aromatic heterocycles. The van der Waals surface area contributed by atoms with Crippen molar-refractivity contribution in [3.63, 3.8) is 0 Å². The summed E-state index contributed by atoms with van der Waals surface area (Å²) < 4.78 is 11.6. The molecule has 1 saturated heterocycles. The molecule has 1 aromatic carbocycles. The highest BCUT2D eigenvalue weighted by molar-refractivity contribution is 5.97. The number of aromatic nitrogens is 1. The van der Waals surface area contributed by atoms with Gasteiger partial charge in [0.05, 0.1) is 25.8 Å². The van der Waals surface area contributed by atoms with Crippen LogP contribution < -0.4 is 20.1 Å².